The predicted octanol–water partition coefficient (Wildman–Crippen LogP) is 3.68. The Labute approximate surface area is 254 Å². The van der Waals surface area contributed by atoms with Crippen LogP contribution in [-0.2, 0) is 29.1 Å². The molecule has 24 heteroatoms. The van der Waals surface area contributed by atoms with Crippen molar-refractivity contribution in [3.63, 3.8) is 0 Å². The number of aliphatic carboxylic acids is 1. The van der Waals surface area contributed by atoms with Crippen molar-refractivity contribution in [1.29, 1.82) is 0 Å². The van der Waals surface area contributed by atoms with Crippen LogP contribution in [0.15, 0.2) is 42.5 Å². The highest BCUT2D eigenvalue weighted by Crippen LogP contribution is 2.59. The molecule has 2 aromatic rings. The van der Waals surface area contributed by atoms with E-state index in [1.807, 2.05) is 0 Å². The maximum atomic E-state index is 15.7. The van der Waals surface area contributed by atoms with Gasteiger partial charge in [-0.3, -0.25) is 9.88 Å². The Morgan fingerprint density at radius 1 is 0.562 bits per heavy atom. The van der Waals surface area contributed by atoms with E-state index in [4.69, 9.17) is 20.1 Å². The van der Waals surface area contributed by atoms with E-state index in [-0.39, 0.29) is 0 Å². The molecule has 0 heterocycles. The van der Waals surface area contributed by atoms with Gasteiger partial charge in [0.15, 0.2) is 0 Å². The van der Waals surface area contributed by atoms with Crippen LogP contribution in [0, 0.1) is 5.41 Å². The lowest BCUT2D eigenvalue weighted by atomic mass is 9.67. The molecule has 2 rings (SSSR count). The van der Waals surface area contributed by atoms with Crippen LogP contribution in [0.2, 0.25) is 0 Å². The smallest absolute Gasteiger partial charge is 0.460 e. The zero-order valence-electron chi connectivity index (χ0n) is 22.2. The minimum Gasteiger partial charge on any atom is -0.479 e. The third kappa shape index (κ3) is 5.97. The van der Waals surface area contributed by atoms with Gasteiger partial charge in [-0.15, -0.1) is 0 Å². The number of rotatable bonds is 12. The molecule has 0 aliphatic heterocycles. The summed E-state index contributed by atoms with van der Waals surface area (Å²) in [5, 5.41) is 27.2. The highest BCUT2D eigenvalue weighted by atomic mass is 19.4. The zero-order chi connectivity index (χ0) is 37.2. The van der Waals surface area contributed by atoms with Crippen LogP contribution in [0.3, 0.4) is 0 Å². The molecule has 0 saturated carbocycles. The fourth-order valence-electron chi connectivity index (χ4n) is 3.67. The van der Waals surface area contributed by atoms with Crippen LogP contribution >= 0.6 is 0 Å². The number of halogens is 10. The number of hydrogen-bond donors (Lipinski definition) is 3. The van der Waals surface area contributed by atoms with Gasteiger partial charge in [0.25, 0.3) is 0 Å². The van der Waals surface area contributed by atoms with E-state index in [2.05, 4.69) is 14.6 Å². The number of carboxylic acids is 3. The van der Waals surface area contributed by atoms with Crippen molar-refractivity contribution in [2.75, 3.05) is 0 Å². The van der Waals surface area contributed by atoms with Crippen LogP contribution in [0.25, 0.3) is 0 Å². The summed E-state index contributed by atoms with van der Waals surface area (Å²) in [6.07, 6.45) is -7.64. The van der Waals surface area contributed by atoms with Crippen LogP contribution < -0.4 is 9.47 Å². The molecule has 0 fully saturated rings. The van der Waals surface area contributed by atoms with Gasteiger partial charge in [0.05, 0.1) is 16.7 Å². The van der Waals surface area contributed by atoms with E-state index in [9.17, 15) is 73.3 Å². The number of ether oxygens (including phenoxy) is 2. The number of aromatic carboxylic acids is 2. The molecule has 0 bridgehead atoms. The number of benzene rings is 2. The number of carboxylic acid groups (broad SMARTS) is 3. The van der Waals surface area contributed by atoms with Crippen molar-refractivity contribution < 1.29 is 112 Å². The summed E-state index contributed by atoms with van der Waals surface area (Å²) in [5.41, 5.74) is -15.9. The van der Waals surface area contributed by atoms with Gasteiger partial charge in [-0.2, -0.15) is 30.7 Å². The number of carbonyl (C=O) groups excluding carboxylic acids is 4. The first-order valence-corrected chi connectivity index (χ1v) is 11.5. The summed E-state index contributed by atoms with van der Waals surface area (Å²) >= 11 is 0. The SMILES string of the molecule is O=C(Oc1ccc(OC(=O)C(C(=O)OF)(C(=O)OF)C(F)(C(=O)O)C(F)(F)C(F)(F)C(F)(F)F)cc1)c1ccc(C(=O)O)c(C(=O)O)c1. The first-order valence-electron chi connectivity index (χ1n) is 11.5. The molecule has 2 aromatic carbocycles. The molecule has 14 nitrogen and oxygen atoms in total. The second-order valence-corrected chi connectivity index (χ2v) is 8.71. The maximum absolute atomic E-state index is 15.7. The van der Waals surface area contributed by atoms with Crippen molar-refractivity contribution >= 4 is 41.8 Å². The summed E-state index contributed by atoms with van der Waals surface area (Å²) in [6, 6.07) is 3.63. The van der Waals surface area contributed by atoms with E-state index in [0.29, 0.717) is 36.4 Å². The Morgan fingerprint density at radius 3 is 1.38 bits per heavy atom. The normalized spacial score (nSPS) is 13.4. The van der Waals surface area contributed by atoms with E-state index in [1.165, 1.54) is 0 Å². The topological polar surface area (TPSA) is 217 Å². The summed E-state index contributed by atoms with van der Waals surface area (Å²) in [4.78, 5) is 87.4. The van der Waals surface area contributed by atoms with E-state index < -0.39 is 99.1 Å². The summed E-state index contributed by atoms with van der Waals surface area (Å²) in [5.74, 6) is -38.9. The second-order valence-electron chi connectivity index (χ2n) is 8.71. The third-order valence-corrected chi connectivity index (χ3v) is 6.01. The fourth-order valence-corrected chi connectivity index (χ4v) is 3.67. The van der Waals surface area contributed by atoms with Gasteiger partial charge in [-0.25, -0.2) is 38.0 Å². The third-order valence-electron chi connectivity index (χ3n) is 6.01. The van der Waals surface area contributed by atoms with Gasteiger partial charge in [-0.05, 0) is 42.5 Å². The summed E-state index contributed by atoms with van der Waals surface area (Å²) in [6.45, 7) is 0. The van der Waals surface area contributed by atoms with Crippen molar-refractivity contribution in [2.45, 2.75) is 23.7 Å². The lowest BCUT2D eigenvalue weighted by molar-refractivity contribution is -0.383. The monoisotopic (exact) mass is 712 g/mol. The van der Waals surface area contributed by atoms with Gasteiger partial charge in [-0.1, -0.05) is 0 Å². The van der Waals surface area contributed by atoms with Gasteiger partial charge < -0.3 is 24.8 Å². The molecular weight excluding hydrogens is 702 g/mol. The minimum absolute atomic E-state index is 0.298. The quantitative estimate of drug-likeness (QED) is 0.124. The second kappa shape index (κ2) is 13.0. The van der Waals surface area contributed by atoms with Crippen LogP contribution in [0.1, 0.15) is 31.1 Å². The van der Waals surface area contributed by atoms with E-state index >= 15 is 4.39 Å². The molecule has 0 amide bonds. The number of carbonyl (C=O) groups is 7. The summed E-state index contributed by atoms with van der Waals surface area (Å²) < 4.78 is 146. The highest BCUT2D eigenvalue weighted by Gasteiger charge is 2.93. The number of hydrogen-bond acceptors (Lipinski definition) is 11. The molecule has 260 valence electrons. The average Bonchev–Trinajstić information content (AvgIpc) is 3.00. The standard InChI is InChI=1S/C24H10F10O14/c25-21(16(40)41,22(26,27)23(28,29)24(30,31)32)20(18(43)47-33,19(44)48-34)17(42)46-10-4-2-9(3-5-10)45-15(39)8-1-6-11(13(35)36)12(7-8)14(37)38/h1-7H,(H,35,36)(H,37,38)(H,40,41). The Morgan fingerprint density at radius 2 is 1.00 bits per heavy atom. The number of esters is 2. The highest BCUT2D eigenvalue weighted by molar-refractivity contribution is 6.23. The van der Waals surface area contributed by atoms with Gasteiger partial charge in [0, 0.05) is 9.05 Å². The van der Waals surface area contributed by atoms with E-state index in [0.717, 1.165) is 6.07 Å². The van der Waals surface area contributed by atoms with E-state index in [1.54, 1.807) is 0 Å². The molecule has 3 N–H and O–H groups in total. The van der Waals surface area contributed by atoms with Crippen molar-refractivity contribution in [1.82, 2.24) is 0 Å². The Hall–Kier alpha value is -5.97. The lowest BCUT2D eigenvalue weighted by Gasteiger charge is -2.41. The van der Waals surface area contributed by atoms with Gasteiger partial charge >= 0.3 is 70.9 Å². The Balaban J connectivity index is 2.62. The van der Waals surface area contributed by atoms with Crippen LogP contribution in [0.4, 0.5) is 44.2 Å². The Kier molecular flexibility index (Phi) is 10.4. The molecule has 0 aliphatic rings. The van der Waals surface area contributed by atoms with Crippen molar-refractivity contribution in [3.8, 4) is 11.5 Å². The fraction of sp³-hybridized carbons (Fsp3) is 0.208. The van der Waals surface area contributed by atoms with Crippen molar-refractivity contribution in [2.24, 2.45) is 5.41 Å². The molecule has 0 saturated heterocycles. The molecule has 48 heavy (non-hydrogen) atoms. The molecule has 1 atom stereocenters. The average molecular weight is 712 g/mol. The van der Waals surface area contributed by atoms with Gasteiger partial charge in [0.2, 0.25) is 0 Å². The van der Waals surface area contributed by atoms with Crippen molar-refractivity contribution in [3.05, 3.63) is 59.2 Å². The zero-order valence-corrected chi connectivity index (χ0v) is 22.2. The molecule has 0 aliphatic carbocycles. The van der Waals surface area contributed by atoms with Crippen LogP contribution in [-0.4, -0.2) is 80.8 Å². The Bertz CT molecular complexity index is 1660. The summed E-state index contributed by atoms with van der Waals surface area (Å²) in [7, 11) is 0. The minimum atomic E-state index is -7.99. The molecule has 0 radical (unpaired) electrons. The van der Waals surface area contributed by atoms with Gasteiger partial charge in [0.1, 0.15) is 11.5 Å². The predicted molar refractivity (Wildman–Crippen MR) is 122 cm³/mol. The molecule has 0 aromatic heterocycles. The molecular formula is C24H10F10O14. The largest absolute Gasteiger partial charge is 0.479 e. The molecule has 0 spiro atoms. The number of alkyl halides is 8. The lowest BCUT2D eigenvalue weighted by Crippen LogP contribution is -2.77. The molecule has 1 unspecified atom stereocenters. The van der Waals surface area contributed by atoms with Crippen LogP contribution in [0.5, 0.6) is 11.5 Å². The first kappa shape index (κ1) is 38.2. The first-order chi connectivity index (χ1) is 21.9. The maximum Gasteiger partial charge on any atom is 0.460 e.